The maximum atomic E-state index is 10.9. The summed E-state index contributed by atoms with van der Waals surface area (Å²) in [7, 11) is -8.71. The smallest absolute Gasteiger partial charge is 1.00 e. The van der Waals surface area contributed by atoms with E-state index in [4.69, 9.17) is 9.11 Å². The van der Waals surface area contributed by atoms with E-state index in [2.05, 4.69) is 0 Å². The van der Waals surface area contributed by atoms with Gasteiger partial charge in [0.25, 0.3) is 20.2 Å². The molecule has 2 N–H and O–H groups in total. The van der Waals surface area contributed by atoms with Gasteiger partial charge in [-0.1, -0.05) is 12.1 Å². The Labute approximate surface area is 154 Å². The van der Waals surface area contributed by atoms with E-state index in [0.717, 1.165) is 12.1 Å². The number of fused-ring (bicyclic) bond motifs is 1. The Bertz CT molecular complexity index is 765. The summed E-state index contributed by atoms with van der Waals surface area (Å²) in [6, 6.07) is 7.49. The largest absolute Gasteiger partial charge is 1.00 e. The first-order valence-electron chi connectivity index (χ1n) is 4.67. The molecule has 0 spiro atoms. The van der Waals surface area contributed by atoms with Gasteiger partial charge in [0.2, 0.25) is 0 Å². The Hall–Kier alpha value is 0.156. The average molecular weight is 328 g/mol. The minimum absolute atomic E-state index is 0. The van der Waals surface area contributed by atoms with E-state index in [-0.39, 0.29) is 68.0 Å². The van der Waals surface area contributed by atoms with E-state index in [0.29, 0.717) is 5.39 Å². The first-order chi connectivity index (χ1) is 8.18. The summed E-state index contributed by atoms with van der Waals surface area (Å²) in [4.78, 5) is -0.690. The predicted molar refractivity (Wildman–Crippen MR) is 64.7 cm³/mol. The van der Waals surface area contributed by atoms with E-state index >= 15 is 0 Å². The van der Waals surface area contributed by atoms with Crippen LogP contribution in [0.25, 0.3) is 10.8 Å². The van der Waals surface area contributed by atoms with Crippen LogP contribution >= 0.6 is 0 Å². The second-order valence-electron chi connectivity index (χ2n) is 3.62. The summed E-state index contributed by atoms with van der Waals surface area (Å²) in [5.74, 6) is 0. The third kappa shape index (κ3) is 4.06. The van der Waals surface area contributed by atoms with Crippen molar-refractivity contribution >= 4 is 31.0 Å². The van der Waals surface area contributed by atoms with Crippen LogP contribution in [0.3, 0.4) is 0 Å². The standard InChI is InChI=1S/C10H8O6S2.K.H/c11-17(12,13)9-3-1-7-2-4-10(18(14,15)16)6-8(7)5-9;;/h1-6H,(H,11,12,13)(H,14,15,16);;/q;+1;-1. The van der Waals surface area contributed by atoms with E-state index in [1.54, 1.807) is 0 Å². The van der Waals surface area contributed by atoms with Gasteiger partial charge >= 0.3 is 51.4 Å². The SMILES string of the molecule is O=S(=O)(O)c1ccc2ccc(S(=O)(=O)O)cc2c1.[H-].[K+]. The molecule has 19 heavy (non-hydrogen) atoms. The predicted octanol–water partition coefficient (Wildman–Crippen LogP) is -1.55. The van der Waals surface area contributed by atoms with Crippen molar-refractivity contribution in [2.24, 2.45) is 0 Å². The van der Waals surface area contributed by atoms with Crippen molar-refractivity contribution in [1.82, 2.24) is 0 Å². The quantitative estimate of drug-likeness (QED) is 0.510. The molecule has 2 aromatic carbocycles. The third-order valence-electron chi connectivity index (χ3n) is 2.38. The first-order valence-corrected chi connectivity index (χ1v) is 7.55. The Morgan fingerprint density at radius 3 is 1.42 bits per heavy atom. The number of hydrogen-bond acceptors (Lipinski definition) is 4. The van der Waals surface area contributed by atoms with Gasteiger partial charge in [0.15, 0.2) is 0 Å². The third-order valence-corrected chi connectivity index (χ3v) is 4.08. The monoisotopic (exact) mass is 328 g/mol. The van der Waals surface area contributed by atoms with Crippen LogP contribution in [0.5, 0.6) is 0 Å². The molecule has 0 radical (unpaired) electrons. The van der Waals surface area contributed by atoms with Gasteiger partial charge in [-0.15, -0.1) is 0 Å². The molecule has 2 aromatic rings. The molecule has 0 bridgehead atoms. The van der Waals surface area contributed by atoms with Gasteiger partial charge in [-0.3, -0.25) is 9.11 Å². The van der Waals surface area contributed by atoms with E-state index in [9.17, 15) is 16.8 Å². The summed E-state index contributed by atoms with van der Waals surface area (Å²) in [5, 5.41) is 0.857. The zero-order chi connectivity index (χ0) is 13.6. The van der Waals surface area contributed by atoms with Crippen molar-refractivity contribution in [2.45, 2.75) is 9.79 Å². The number of hydrogen-bond donors (Lipinski definition) is 2. The fourth-order valence-corrected chi connectivity index (χ4v) is 2.56. The van der Waals surface area contributed by atoms with Crippen molar-refractivity contribution in [1.29, 1.82) is 0 Å². The molecule has 0 aliphatic heterocycles. The molecule has 0 saturated heterocycles. The molecule has 0 aliphatic rings. The molecule has 0 amide bonds. The van der Waals surface area contributed by atoms with E-state index in [1.807, 2.05) is 0 Å². The van der Waals surface area contributed by atoms with Crippen molar-refractivity contribution in [2.75, 3.05) is 0 Å². The topological polar surface area (TPSA) is 109 Å². The second kappa shape index (κ2) is 5.88. The van der Waals surface area contributed by atoms with Gasteiger partial charge in [-0.05, 0) is 35.0 Å². The maximum Gasteiger partial charge on any atom is 1.00 e. The van der Waals surface area contributed by atoms with Crippen molar-refractivity contribution < 1.29 is 78.8 Å². The second-order valence-corrected chi connectivity index (χ2v) is 6.46. The van der Waals surface area contributed by atoms with Crippen LogP contribution in [0.4, 0.5) is 0 Å². The molecule has 0 atom stereocenters. The van der Waals surface area contributed by atoms with Gasteiger partial charge in [0.1, 0.15) is 0 Å². The van der Waals surface area contributed by atoms with Crippen LogP contribution in [0, 0.1) is 0 Å². The molecule has 0 fully saturated rings. The van der Waals surface area contributed by atoms with Gasteiger partial charge in [-0.2, -0.15) is 16.8 Å². The molecule has 0 aromatic heterocycles. The van der Waals surface area contributed by atoms with Crippen LogP contribution < -0.4 is 51.4 Å². The minimum Gasteiger partial charge on any atom is -1.00 e. The number of benzene rings is 2. The Balaban J connectivity index is 0.00000180. The van der Waals surface area contributed by atoms with Crippen LogP contribution in [0.1, 0.15) is 1.43 Å². The van der Waals surface area contributed by atoms with E-state index in [1.165, 1.54) is 24.3 Å². The van der Waals surface area contributed by atoms with Crippen LogP contribution in [0.15, 0.2) is 46.2 Å². The van der Waals surface area contributed by atoms with Gasteiger partial charge < -0.3 is 1.43 Å². The summed E-state index contributed by atoms with van der Waals surface area (Å²) in [5.41, 5.74) is 0. The fourth-order valence-electron chi connectivity index (χ4n) is 1.52. The molecule has 9 heteroatoms. The van der Waals surface area contributed by atoms with Gasteiger partial charge in [0, 0.05) is 0 Å². The van der Waals surface area contributed by atoms with Crippen molar-refractivity contribution in [3.63, 3.8) is 0 Å². The summed E-state index contributed by atoms with van der Waals surface area (Å²) in [6.07, 6.45) is 0. The molecule has 6 nitrogen and oxygen atoms in total. The molecule has 0 aliphatic carbocycles. The molecule has 2 rings (SSSR count). The summed E-state index contributed by atoms with van der Waals surface area (Å²) in [6.45, 7) is 0. The Kier molecular flexibility index (Phi) is 5.32. The van der Waals surface area contributed by atoms with Gasteiger partial charge in [-0.25, -0.2) is 0 Å². The Morgan fingerprint density at radius 2 is 1.11 bits per heavy atom. The summed E-state index contributed by atoms with van der Waals surface area (Å²) < 4.78 is 61.5. The fraction of sp³-hybridized carbons (Fsp3) is 0. The number of rotatable bonds is 2. The van der Waals surface area contributed by atoms with Crippen molar-refractivity contribution in [3.8, 4) is 0 Å². The van der Waals surface area contributed by atoms with Gasteiger partial charge in [0.05, 0.1) is 9.79 Å². The maximum absolute atomic E-state index is 10.9. The van der Waals surface area contributed by atoms with Crippen LogP contribution in [-0.4, -0.2) is 25.9 Å². The molecule has 0 heterocycles. The van der Waals surface area contributed by atoms with Crippen LogP contribution in [-0.2, 0) is 20.2 Å². The molecule has 0 saturated carbocycles. The van der Waals surface area contributed by atoms with E-state index < -0.39 is 20.2 Å². The molecular formula is C10H9KO6S2. The minimum atomic E-state index is -4.35. The summed E-state index contributed by atoms with van der Waals surface area (Å²) >= 11 is 0. The average Bonchev–Trinajstić information content (AvgIpc) is 2.25. The van der Waals surface area contributed by atoms with Crippen molar-refractivity contribution in [3.05, 3.63) is 36.4 Å². The molecule has 98 valence electrons. The zero-order valence-electron chi connectivity index (χ0n) is 10.8. The molecule has 0 unspecified atom stereocenters. The first kappa shape index (κ1) is 17.2. The Morgan fingerprint density at radius 1 is 0.737 bits per heavy atom. The zero-order valence-corrected chi connectivity index (χ0v) is 14.6. The normalized spacial score (nSPS) is 12.1. The molecular weight excluding hydrogens is 319 g/mol. The van der Waals surface area contributed by atoms with Crippen LogP contribution in [0.2, 0.25) is 0 Å².